The van der Waals surface area contributed by atoms with Gasteiger partial charge in [-0.25, -0.2) is 0 Å². The second-order valence-corrected chi connectivity index (χ2v) is 4.57. The van der Waals surface area contributed by atoms with E-state index in [1.165, 1.54) is 0 Å². The summed E-state index contributed by atoms with van der Waals surface area (Å²) in [6, 6.07) is 0. The van der Waals surface area contributed by atoms with Gasteiger partial charge in [0, 0.05) is 0 Å². The molecule has 1 aliphatic rings. The van der Waals surface area contributed by atoms with E-state index in [1.807, 2.05) is 0 Å². The molecule has 0 amide bonds. The lowest BCUT2D eigenvalue weighted by molar-refractivity contribution is -0.540. The maximum atomic E-state index is 13.6. The van der Waals surface area contributed by atoms with E-state index in [0.717, 1.165) is 0 Å². The molecule has 22 heavy (non-hydrogen) atoms. The summed E-state index contributed by atoms with van der Waals surface area (Å²) in [5, 5.41) is 17.6. The molecule has 0 bridgehead atoms. The van der Waals surface area contributed by atoms with Crippen molar-refractivity contribution in [3.8, 4) is 0 Å². The third-order valence-corrected chi connectivity index (χ3v) is 3.34. The molecule has 2 N–H and O–H groups in total. The summed E-state index contributed by atoms with van der Waals surface area (Å²) >= 11 is 0. The van der Waals surface area contributed by atoms with Gasteiger partial charge in [-0.05, 0) is 6.42 Å². The van der Waals surface area contributed by atoms with Crippen LogP contribution in [0.15, 0.2) is 0 Å². The van der Waals surface area contributed by atoms with E-state index in [0.29, 0.717) is 0 Å². The number of aliphatic hydroxyl groups excluding tert-OH is 1. The summed E-state index contributed by atoms with van der Waals surface area (Å²) in [5.41, 5.74) is -5.16. The SMILES string of the molecule is CCC1(C(F)(F)F)OC(O)(C(F)(F)F)C(F)(F)C(O)C1(F)F. The first-order valence-electron chi connectivity index (χ1n) is 5.42. The quantitative estimate of drug-likeness (QED) is 0.712. The van der Waals surface area contributed by atoms with Gasteiger partial charge in [-0.3, -0.25) is 0 Å². The maximum Gasteiger partial charge on any atom is 0.449 e. The average Bonchev–Trinajstić information content (AvgIpc) is 2.29. The van der Waals surface area contributed by atoms with Crippen molar-refractivity contribution in [1.82, 2.24) is 0 Å². The first-order chi connectivity index (χ1) is 9.42. The van der Waals surface area contributed by atoms with Crippen LogP contribution in [0.1, 0.15) is 13.3 Å². The lowest BCUT2D eigenvalue weighted by Crippen LogP contribution is -2.82. The molecule has 1 aliphatic heterocycles. The van der Waals surface area contributed by atoms with Crippen LogP contribution >= 0.6 is 0 Å². The standard InChI is InChI=1S/C9H8F10O3/c1-2-4(8(14,15)16)5(10,11)3(20)6(12,13)7(21,22-4)9(17,18)19/h3,20-21H,2H2,1H3. The summed E-state index contributed by atoms with van der Waals surface area (Å²) in [7, 11) is 0. The van der Waals surface area contributed by atoms with Gasteiger partial charge in [0.1, 0.15) is 0 Å². The zero-order chi connectivity index (χ0) is 18.0. The zero-order valence-electron chi connectivity index (χ0n) is 10.4. The molecule has 0 aromatic rings. The van der Waals surface area contributed by atoms with E-state index in [9.17, 15) is 43.9 Å². The fourth-order valence-electron chi connectivity index (χ4n) is 2.02. The van der Waals surface area contributed by atoms with Gasteiger partial charge in [0.05, 0.1) is 0 Å². The molecule has 13 heteroatoms. The van der Waals surface area contributed by atoms with Gasteiger partial charge < -0.3 is 14.9 Å². The van der Waals surface area contributed by atoms with Gasteiger partial charge in [0.25, 0.3) is 0 Å². The third kappa shape index (κ3) is 2.01. The van der Waals surface area contributed by atoms with Gasteiger partial charge >= 0.3 is 30.0 Å². The molecule has 1 heterocycles. The Hall–Kier alpha value is -0.820. The van der Waals surface area contributed by atoms with Crippen molar-refractivity contribution in [2.45, 2.75) is 55.0 Å². The molecule has 3 unspecified atom stereocenters. The second-order valence-electron chi connectivity index (χ2n) is 4.57. The van der Waals surface area contributed by atoms with Crippen LogP contribution in [0.5, 0.6) is 0 Å². The number of aliphatic hydroxyl groups is 2. The van der Waals surface area contributed by atoms with Crippen LogP contribution in [0.4, 0.5) is 43.9 Å². The summed E-state index contributed by atoms with van der Waals surface area (Å²) < 4.78 is 133. The Kier molecular flexibility index (Phi) is 4.02. The van der Waals surface area contributed by atoms with Crippen molar-refractivity contribution in [2.24, 2.45) is 0 Å². The Balaban J connectivity index is 3.72. The molecule has 3 nitrogen and oxygen atoms in total. The van der Waals surface area contributed by atoms with E-state index in [2.05, 4.69) is 4.74 Å². The highest BCUT2D eigenvalue weighted by Gasteiger charge is 2.89. The number of ether oxygens (including phenoxy) is 1. The number of halogens is 10. The van der Waals surface area contributed by atoms with E-state index in [4.69, 9.17) is 10.2 Å². The van der Waals surface area contributed by atoms with Gasteiger partial charge in [0.15, 0.2) is 6.10 Å². The molecule has 0 aromatic carbocycles. The molecule has 1 fully saturated rings. The minimum absolute atomic E-state index is 0.272. The molecule has 3 atom stereocenters. The van der Waals surface area contributed by atoms with Crippen molar-refractivity contribution in [3.63, 3.8) is 0 Å². The summed E-state index contributed by atoms with van der Waals surface area (Å²) in [6.45, 7) is 0.272. The predicted molar refractivity (Wildman–Crippen MR) is 47.1 cm³/mol. The van der Waals surface area contributed by atoms with E-state index in [-0.39, 0.29) is 6.92 Å². The Morgan fingerprint density at radius 2 is 1.32 bits per heavy atom. The first-order valence-corrected chi connectivity index (χ1v) is 5.42. The highest BCUT2D eigenvalue weighted by atomic mass is 19.4. The monoisotopic (exact) mass is 354 g/mol. The van der Waals surface area contributed by atoms with Crippen molar-refractivity contribution in [2.75, 3.05) is 0 Å². The van der Waals surface area contributed by atoms with Crippen molar-refractivity contribution in [1.29, 1.82) is 0 Å². The van der Waals surface area contributed by atoms with E-state index >= 15 is 0 Å². The third-order valence-electron chi connectivity index (χ3n) is 3.34. The van der Waals surface area contributed by atoms with Crippen molar-refractivity contribution in [3.05, 3.63) is 0 Å². The van der Waals surface area contributed by atoms with Gasteiger partial charge in [-0.1, -0.05) is 6.92 Å². The lowest BCUT2D eigenvalue weighted by atomic mass is 9.79. The maximum absolute atomic E-state index is 13.6. The number of hydrogen-bond donors (Lipinski definition) is 2. The molecule has 0 radical (unpaired) electrons. The van der Waals surface area contributed by atoms with Crippen molar-refractivity contribution >= 4 is 0 Å². The molecule has 0 aliphatic carbocycles. The van der Waals surface area contributed by atoms with E-state index in [1.54, 1.807) is 0 Å². The Bertz CT molecular complexity index is 444. The number of rotatable bonds is 1. The number of alkyl halides is 10. The topological polar surface area (TPSA) is 49.7 Å². The van der Waals surface area contributed by atoms with Gasteiger partial charge in [-0.2, -0.15) is 43.9 Å². The molecule has 132 valence electrons. The normalized spacial score (nSPS) is 38.9. The van der Waals surface area contributed by atoms with Crippen LogP contribution in [0.2, 0.25) is 0 Å². The molecule has 1 rings (SSSR count). The molecule has 0 spiro atoms. The summed E-state index contributed by atoms with van der Waals surface area (Å²) in [5.74, 6) is -18.0. The molecular weight excluding hydrogens is 346 g/mol. The Morgan fingerprint density at radius 3 is 1.59 bits per heavy atom. The molecule has 0 aromatic heterocycles. The predicted octanol–water partition coefficient (Wildman–Crippen LogP) is 2.61. The minimum atomic E-state index is -6.60. The number of hydrogen-bond acceptors (Lipinski definition) is 3. The van der Waals surface area contributed by atoms with Gasteiger partial charge in [-0.15, -0.1) is 0 Å². The Labute approximate surface area is 115 Å². The average molecular weight is 354 g/mol. The van der Waals surface area contributed by atoms with Gasteiger partial charge in [0.2, 0.25) is 5.60 Å². The largest absolute Gasteiger partial charge is 0.449 e. The molecule has 0 saturated carbocycles. The fourth-order valence-corrected chi connectivity index (χ4v) is 2.02. The lowest BCUT2D eigenvalue weighted by Gasteiger charge is -2.54. The summed E-state index contributed by atoms with van der Waals surface area (Å²) in [4.78, 5) is 0. The smallest absolute Gasteiger partial charge is 0.381 e. The Morgan fingerprint density at radius 1 is 0.909 bits per heavy atom. The van der Waals surface area contributed by atoms with Crippen LogP contribution in [-0.2, 0) is 4.74 Å². The van der Waals surface area contributed by atoms with Crippen LogP contribution in [-0.4, -0.2) is 51.9 Å². The molecular formula is C9H8F10O3. The van der Waals surface area contributed by atoms with E-state index < -0.39 is 48.1 Å². The minimum Gasteiger partial charge on any atom is -0.381 e. The first kappa shape index (κ1) is 19.2. The van der Waals surface area contributed by atoms with Crippen LogP contribution in [0.3, 0.4) is 0 Å². The fraction of sp³-hybridized carbons (Fsp3) is 1.00. The van der Waals surface area contributed by atoms with Crippen molar-refractivity contribution < 1.29 is 58.9 Å². The van der Waals surface area contributed by atoms with Crippen LogP contribution < -0.4 is 0 Å². The van der Waals surface area contributed by atoms with Crippen LogP contribution in [0.25, 0.3) is 0 Å². The zero-order valence-corrected chi connectivity index (χ0v) is 10.4. The highest BCUT2D eigenvalue weighted by molar-refractivity contribution is 5.16. The van der Waals surface area contributed by atoms with Crippen LogP contribution in [0, 0.1) is 0 Å². The summed E-state index contributed by atoms with van der Waals surface area (Å²) in [6.07, 6.45) is -19.7. The highest BCUT2D eigenvalue weighted by Crippen LogP contribution is 2.61. The second kappa shape index (κ2) is 4.60. The molecule has 1 saturated heterocycles.